The Morgan fingerprint density at radius 2 is 2.05 bits per heavy atom. The lowest BCUT2D eigenvalue weighted by molar-refractivity contribution is -0.0326. The Morgan fingerprint density at radius 1 is 1.24 bits per heavy atom. The van der Waals surface area contributed by atoms with Crippen LogP contribution in [0.3, 0.4) is 0 Å². The highest BCUT2D eigenvalue weighted by molar-refractivity contribution is 4.95. The lowest BCUT2D eigenvalue weighted by atomic mass is 9.72. The van der Waals surface area contributed by atoms with Gasteiger partial charge >= 0.3 is 0 Å². The number of hydrogen-bond donors (Lipinski definition) is 1. The largest absolute Gasteiger partial charge is 0.377 e. The van der Waals surface area contributed by atoms with Crippen LogP contribution in [0.5, 0.6) is 0 Å². The Bertz CT molecular complexity index is 306. The molecule has 1 aliphatic carbocycles. The number of nitrogens with one attached hydrogen (secondary N) is 1. The molecule has 3 atom stereocenters. The van der Waals surface area contributed by atoms with Crippen molar-refractivity contribution in [1.82, 2.24) is 10.2 Å². The number of ether oxygens (including phenoxy) is 1. The number of hydrogen-bond acceptors (Lipinski definition) is 3. The summed E-state index contributed by atoms with van der Waals surface area (Å²) < 4.78 is 6.04. The fourth-order valence-electron chi connectivity index (χ4n) is 4.12. The molecule has 0 spiro atoms. The minimum Gasteiger partial charge on any atom is -0.377 e. The van der Waals surface area contributed by atoms with Gasteiger partial charge in [0.15, 0.2) is 0 Å². The molecule has 0 bridgehead atoms. The van der Waals surface area contributed by atoms with Gasteiger partial charge in [0.1, 0.15) is 0 Å². The number of nitrogens with zero attached hydrogens (tertiary/aromatic N) is 1. The Hall–Kier alpha value is -0.120. The number of likely N-dealkylation sites (tertiary alicyclic amines) is 1. The minimum absolute atomic E-state index is 0.464. The maximum absolute atomic E-state index is 6.04. The first kappa shape index (κ1) is 17.2. The summed E-state index contributed by atoms with van der Waals surface area (Å²) in [6, 6.07) is 1.37. The molecule has 1 aliphatic heterocycles. The van der Waals surface area contributed by atoms with Crippen LogP contribution in [0.25, 0.3) is 0 Å². The zero-order valence-electron chi connectivity index (χ0n) is 14.7. The monoisotopic (exact) mass is 296 g/mol. The zero-order chi connectivity index (χ0) is 15.3. The Kier molecular flexibility index (Phi) is 6.51. The molecule has 0 aromatic heterocycles. The maximum atomic E-state index is 6.04. The van der Waals surface area contributed by atoms with E-state index in [4.69, 9.17) is 4.74 Å². The molecule has 124 valence electrons. The molecular weight excluding hydrogens is 260 g/mol. The summed E-state index contributed by atoms with van der Waals surface area (Å²) in [5.74, 6) is 0. The van der Waals surface area contributed by atoms with Crippen molar-refractivity contribution in [3.8, 4) is 0 Å². The van der Waals surface area contributed by atoms with E-state index in [0.717, 1.165) is 26.1 Å². The quantitative estimate of drug-likeness (QED) is 0.812. The van der Waals surface area contributed by atoms with Crippen LogP contribution in [0.15, 0.2) is 0 Å². The first-order valence-corrected chi connectivity index (χ1v) is 9.14. The predicted molar refractivity (Wildman–Crippen MR) is 89.7 cm³/mol. The topological polar surface area (TPSA) is 24.5 Å². The van der Waals surface area contributed by atoms with Crippen molar-refractivity contribution in [2.75, 3.05) is 26.2 Å². The van der Waals surface area contributed by atoms with E-state index in [0.29, 0.717) is 23.6 Å². The van der Waals surface area contributed by atoms with Gasteiger partial charge in [-0.15, -0.1) is 0 Å². The van der Waals surface area contributed by atoms with Crippen molar-refractivity contribution in [1.29, 1.82) is 0 Å². The van der Waals surface area contributed by atoms with E-state index in [1.807, 2.05) is 0 Å². The van der Waals surface area contributed by atoms with E-state index < -0.39 is 0 Å². The van der Waals surface area contributed by atoms with Gasteiger partial charge < -0.3 is 10.1 Å². The van der Waals surface area contributed by atoms with Gasteiger partial charge in [-0.25, -0.2) is 0 Å². The molecular formula is C18H36N2O. The van der Waals surface area contributed by atoms with Gasteiger partial charge in [-0.1, -0.05) is 27.7 Å². The molecule has 21 heavy (non-hydrogen) atoms. The fourth-order valence-corrected chi connectivity index (χ4v) is 4.12. The van der Waals surface area contributed by atoms with E-state index >= 15 is 0 Å². The molecule has 3 heteroatoms. The molecule has 3 nitrogen and oxygen atoms in total. The standard InChI is InChI=1S/C18H36N2O/c1-5-12-21-15-8-7-11-20(14-15)17-13-18(3,4)10-9-16(17)19-6-2/h15-17,19H,5-14H2,1-4H3. The highest BCUT2D eigenvalue weighted by Gasteiger charge is 2.39. The van der Waals surface area contributed by atoms with Crippen LogP contribution < -0.4 is 5.32 Å². The van der Waals surface area contributed by atoms with Crippen molar-refractivity contribution in [3.05, 3.63) is 0 Å². The Balaban J connectivity index is 1.97. The third-order valence-corrected chi connectivity index (χ3v) is 5.26. The van der Waals surface area contributed by atoms with Crippen LogP contribution in [0.4, 0.5) is 0 Å². The van der Waals surface area contributed by atoms with Crippen molar-refractivity contribution in [2.45, 2.75) is 84.4 Å². The molecule has 1 saturated heterocycles. The second-order valence-electron chi connectivity index (χ2n) is 7.77. The van der Waals surface area contributed by atoms with E-state index in [2.05, 4.69) is 37.9 Å². The summed E-state index contributed by atoms with van der Waals surface area (Å²) >= 11 is 0. The molecule has 0 amide bonds. The van der Waals surface area contributed by atoms with Gasteiger partial charge in [0.05, 0.1) is 6.10 Å². The molecule has 0 radical (unpaired) electrons. The molecule has 0 aromatic carbocycles. The van der Waals surface area contributed by atoms with Gasteiger partial charge in [0, 0.05) is 25.2 Å². The Labute approximate surface area is 131 Å². The van der Waals surface area contributed by atoms with Crippen LogP contribution in [0.1, 0.15) is 66.2 Å². The molecule has 0 aromatic rings. The van der Waals surface area contributed by atoms with Crippen LogP contribution in [-0.4, -0.2) is 49.3 Å². The van der Waals surface area contributed by atoms with Gasteiger partial charge in [0.25, 0.3) is 0 Å². The molecule has 3 unspecified atom stereocenters. The first-order chi connectivity index (χ1) is 10.1. The summed E-state index contributed by atoms with van der Waals surface area (Å²) in [6.45, 7) is 13.7. The fraction of sp³-hybridized carbons (Fsp3) is 1.00. The molecule has 1 saturated carbocycles. The lowest BCUT2D eigenvalue weighted by Crippen LogP contribution is -2.57. The van der Waals surface area contributed by atoms with Gasteiger partial charge in [-0.2, -0.15) is 0 Å². The van der Waals surface area contributed by atoms with E-state index in [-0.39, 0.29) is 0 Å². The normalized spacial score (nSPS) is 34.0. The average Bonchev–Trinajstić information content (AvgIpc) is 2.47. The van der Waals surface area contributed by atoms with Crippen molar-refractivity contribution >= 4 is 0 Å². The smallest absolute Gasteiger partial charge is 0.0702 e. The summed E-state index contributed by atoms with van der Waals surface area (Å²) in [6.07, 6.45) is 8.14. The summed E-state index contributed by atoms with van der Waals surface area (Å²) in [5, 5.41) is 3.75. The molecule has 1 N–H and O–H groups in total. The van der Waals surface area contributed by atoms with Crippen molar-refractivity contribution in [3.63, 3.8) is 0 Å². The number of likely N-dealkylation sites (N-methyl/N-ethyl adjacent to an activating group) is 1. The molecule has 2 rings (SSSR count). The zero-order valence-corrected chi connectivity index (χ0v) is 14.7. The summed E-state index contributed by atoms with van der Waals surface area (Å²) in [7, 11) is 0. The molecule has 2 fully saturated rings. The third-order valence-electron chi connectivity index (χ3n) is 5.26. The second-order valence-corrected chi connectivity index (χ2v) is 7.77. The summed E-state index contributed by atoms with van der Waals surface area (Å²) in [4.78, 5) is 2.73. The SMILES string of the molecule is CCCOC1CCCN(C2CC(C)(C)CCC2NCC)C1. The second kappa shape index (κ2) is 7.94. The maximum Gasteiger partial charge on any atom is 0.0702 e. The minimum atomic E-state index is 0.464. The van der Waals surface area contributed by atoms with E-state index in [1.54, 1.807) is 0 Å². The van der Waals surface area contributed by atoms with Crippen LogP contribution in [0.2, 0.25) is 0 Å². The predicted octanol–water partition coefficient (Wildman–Crippen LogP) is 3.43. The molecule has 1 heterocycles. The van der Waals surface area contributed by atoms with E-state index in [1.165, 1.54) is 38.6 Å². The third kappa shape index (κ3) is 4.94. The lowest BCUT2D eigenvalue weighted by Gasteiger charge is -2.48. The number of rotatable bonds is 6. The highest BCUT2D eigenvalue weighted by Crippen LogP contribution is 2.38. The number of piperidine rings is 1. The van der Waals surface area contributed by atoms with Crippen molar-refractivity contribution in [2.24, 2.45) is 5.41 Å². The Morgan fingerprint density at radius 3 is 2.76 bits per heavy atom. The first-order valence-electron chi connectivity index (χ1n) is 9.14. The van der Waals surface area contributed by atoms with Crippen LogP contribution >= 0.6 is 0 Å². The van der Waals surface area contributed by atoms with Crippen LogP contribution in [0, 0.1) is 5.41 Å². The van der Waals surface area contributed by atoms with Gasteiger partial charge in [-0.05, 0) is 57.0 Å². The average molecular weight is 296 g/mol. The highest BCUT2D eigenvalue weighted by atomic mass is 16.5. The molecule has 2 aliphatic rings. The van der Waals surface area contributed by atoms with Crippen molar-refractivity contribution < 1.29 is 4.74 Å². The van der Waals surface area contributed by atoms with Gasteiger partial charge in [-0.3, -0.25) is 4.90 Å². The van der Waals surface area contributed by atoms with Crippen LogP contribution in [-0.2, 0) is 4.74 Å². The van der Waals surface area contributed by atoms with Gasteiger partial charge in [0.2, 0.25) is 0 Å². The van der Waals surface area contributed by atoms with E-state index in [9.17, 15) is 0 Å². The summed E-state index contributed by atoms with van der Waals surface area (Å²) in [5.41, 5.74) is 0.494.